The minimum atomic E-state index is -2.66. The average Bonchev–Trinajstić information content (AvgIpc) is 3.65. The van der Waals surface area contributed by atoms with E-state index in [0.29, 0.717) is 0 Å². The molecule has 0 bridgehead atoms. The van der Waals surface area contributed by atoms with Crippen LogP contribution in [-0.2, 0) is 0 Å². The van der Waals surface area contributed by atoms with Gasteiger partial charge in [-0.1, -0.05) is 133 Å². The van der Waals surface area contributed by atoms with Crippen LogP contribution in [0.1, 0.15) is 0 Å². The molecule has 2 heterocycles. The van der Waals surface area contributed by atoms with Crippen molar-refractivity contribution in [1.82, 2.24) is 9.13 Å². The van der Waals surface area contributed by atoms with E-state index >= 15 is 0 Å². The fourth-order valence-corrected chi connectivity index (χ4v) is 12.4. The fraction of sp³-hybridized carbons (Fsp3) is 0. The summed E-state index contributed by atoms with van der Waals surface area (Å²) in [4.78, 5) is 0. The van der Waals surface area contributed by atoms with Crippen molar-refractivity contribution >= 4 is 61.7 Å². The summed E-state index contributed by atoms with van der Waals surface area (Å²) in [7, 11) is -2.66. The Morgan fingerprint density at radius 3 is 1.07 bits per heavy atom. The summed E-state index contributed by atoms with van der Waals surface area (Å²) in [5.74, 6) is 0. The van der Waals surface area contributed by atoms with Crippen LogP contribution in [0.3, 0.4) is 0 Å². The molecule has 2 aromatic heterocycles. The van der Waals surface area contributed by atoms with Gasteiger partial charge in [-0.3, -0.25) is 0 Å². The predicted molar refractivity (Wildman–Crippen MR) is 192 cm³/mol. The van der Waals surface area contributed by atoms with Crippen LogP contribution in [0.15, 0.2) is 182 Å². The van der Waals surface area contributed by atoms with Gasteiger partial charge in [0.1, 0.15) is 0 Å². The highest BCUT2D eigenvalue weighted by molar-refractivity contribution is 7.19. The normalized spacial score (nSPS) is 12.0. The first kappa shape index (κ1) is 25.8. The van der Waals surface area contributed by atoms with Crippen molar-refractivity contribution in [3.63, 3.8) is 0 Å². The van der Waals surface area contributed by atoms with Crippen LogP contribution in [0.25, 0.3) is 44.2 Å². The van der Waals surface area contributed by atoms with Crippen LogP contribution in [0.4, 0.5) is 0 Å². The standard InChI is InChI=1S/C42H30N2Si/c1-5-16-31(17-6-1)43-37-26-14-28-39-41(37)42-38(43)27-15-29-40(42)44(39)32-18-13-25-36(30-32)45(33-19-7-2-8-20-33,34-21-9-3-10-22-34)35-23-11-4-12-24-35/h1-30H. The van der Waals surface area contributed by atoms with Gasteiger partial charge in [-0.2, -0.15) is 0 Å². The predicted octanol–water partition coefficient (Wildman–Crippen LogP) is 7.54. The minimum absolute atomic E-state index is 1.19. The van der Waals surface area contributed by atoms with Gasteiger partial charge in [-0.05, 0) is 69.3 Å². The second-order valence-corrected chi connectivity index (χ2v) is 15.6. The van der Waals surface area contributed by atoms with Gasteiger partial charge in [-0.25, -0.2) is 0 Å². The minimum Gasteiger partial charge on any atom is -0.309 e. The van der Waals surface area contributed by atoms with Crippen LogP contribution in [0.5, 0.6) is 0 Å². The molecule has 0 atom stereocenters. The fourth-order valence-electron chi connectivity index (χ4n) is 7.65. The Labute approximate surface area is 263 Å². The molecule has 9 aromatic rings. The van der Waals surface area contributed by atoms with Crippen molar-refractivity contribution in [3.8, 4) is 11.4 Å². The van der Waals surface area contributed by atoms with Crippen molar-refractivity contribution in [3.05, 3.63) is 182 Å². The van der Waals surface area contributed by atoms with E-state index in [0.717, 1.165) is 0 Å². The second kappa shape index (κ2) is 10.2. The van der Waals surface area contributed by atoms with Gasteiger partial charge in [0.2, 0.25) is 0 Å². The lowest BCUT2D eigenvalue weighted by atomic mass is 10.2. The van der Waals surface area contributed by atoms with Crippen LogP contribution < -0.4 is 20.7 Å². The molecule has 3 heteroatoms. The molecule has 0 saturated heterocycles. The maximum absolute atomic E-state index is 2.66. The van der Waals surface area contributed by atoms with E-state index in [1.54, 1.807) is 0 Å². The Morgan fingerprint density at radius 1 is 0.289 bits per heavy atom. The highest BCUT2D eigenvalue weighted by Gasteiger charge is 2.41. The molecule has 0 radical (unpaired) electrons. The lowest BCUT2D eigenvalue weighted by Crippen LogP contribution is -2.74. The zero-order chi connectivity index (χ0) is 29.8. The Morgan fingerprint density at radius 2 is 0.622 bits per heavy atom. The van der Waals surface area contributed by atoms with E-state index in [-0.39, 0.29) is 0 Å². The first-order valence-corrected chi connectivity index (χ1v) is 17.5. The summed E-state index contributed by atoms with van der Waals surface area (Å²) >= 11 is 0. The second-order valence-electron chi connectivity index (χ2n) is 11.7. The Balaban J connectivity index is 1.35. The molecule has 0 unspecified atom stereocenters. The molecular formula is C42H30N2Si. The van der Waals surface area contributed by atoms with Crippen LogP contribution in [0.2, 0.25) is 0 Å². The van der Waals surface area contributed by atoms with E-state index in [1.807, 2.05) is 0 Å². The topological polar surface area (TPSA) is 9.86 Å². The van der Waals surface area contributed by atoms with Gasteiger partial charge in [0.25, 0.3) is 0 Å². The Kier molecular flexibility index (Phi) is 5.87. The molecule has 0 fully saturated rings. The first-order chi connectivity index (χ1) is 22.4. The summed E-state index contributed by atoms with van der Waals surface area (Å²) in [6, 6.07) is 67.0. The third kappa shape index (κ3) is 3.74. The molecule has 2 nitrogen and oxygen atoms in total. The number of nitrogens with zero attached hydrogens (tertiary/aromatic N) is 2. The molecule has 0 spiro atoms. The van der Waals surface area contributed by atoms with Crippen molar-refractivity contribution in [2.75, 3.05) is 0 Å². The smallest absolute Gasteiger partial charge is 0.179 e. The zero-order valence-corrected chi connectivity index (χ0v) is 25.7. The molecule has 0 amide bonds. The van der Waals surface area contributed by atoms with E-state index in [9.17, 15) is 0 Å². The highest BCUT2D eigenvalue weighted by Crippen LogP contribution is 2.42. The molecule has 0 aliphatic rings. The Hall–Kier alpha value is -5.64. The Bertz CT molecular complexity index is 2240. The summed E-state index contributed by atoms with van der Waals surface area (Å²) in [5.41, 5.74) is 7.32. The van der Waals surface area contributed by atoms with E-state index in [1.165, 1.54) is 65.0 Å². The SMILES string of the molecule is c1ccc(-n2c3cccc4c3c3c2cccc3n4-c2cccc([Si](c3ccccc3)(c3ccccc3)c3ccccc3)c2)cc1. The largest absolute Gasteiger partial charge is 0.309 e. The number of benzene rings is 7. The van der Waals surface area contributed by atoms with Crippen molar-refractivity contribution < 1.29 is 0 Å². The molecule has 212 valence electrons. The lowest BCUT2D eigenvalue weighted by Gasteiger charge is -2.34. The molecular weight excluding hydrogens is 561 g/mol. The maximum atomic E-state index is 2.48. The van der Waals surface area contributed by atoms with Crippen LogP contribution in [0, 0.1) is 0 Å². The van der Waals surface area contributed by atoms with E-state index in [4.69, 9.17) is 0 Å². The van der Waals surface area contributed by atoms with Crippen LogP contribution in [-0.4, -0.2) is 17.2 Å². The summed E-state index contributed by atoms with van der Waals surface area (Å²) in [6.07, 6.45) is 0. The van der Waals surface area contributed by atoms with Crippen LogP contribution >= 0.6 is 0 Å². The first-order valence-electron chi connectivity index (χ1n) is 15.5. The van der Waals surface area contributed by atoms with E-state index < -0.39 is 8.07 Å². The van der Waals surface area contributed by atoms with Gasteiger partial charge in [0.15, 0.2) is 8.07 Å². The van der Waals surface area contributed by atoms with Crippen molar-refractivity contribution in [2.45, 2.75) is 0 Å². The zero-order valence-electron chi connectivity index (χ0n) is 24.7. The molecule has 9 rings (SSSR count). The number of hydrogen-bond acceptors (Lipinski definition) is 0. The molecule has 0 aliphatic heterocycles. The van der Waals surface area contributed by atoms with Gasteiger partial charge >= 0.3 is 0 Å². The van der Waals surface area contributed by atoms with Gasteiger partial charge in [0.05, 0.1) is 22.1 Å². The van der Waals surface area contributed by atoms with Gasteiger partial charge in [0, 0.05) is 22.1 Å². The van der Waals surface area contributed by atoms with Gasteiger partial charge in [-0.15, -0.1) is 0 Å². The molecule has 0 N–H and O–H groups in total. The average molecular weight is 591 g/mol. The molecule has 0 saturated carbocycles. The van der Waals surface area contributed by atoms with Crippen molar-refractivity contribution in [2.24, 2.45) is 0 Å². The summed E-state index contributed by atoms with van der Waals surface area (Å²) in [6.45, 7) is 0. The number of para-hydroxylation sites is 1. The summed E-state index contributed by atoms with van der Waals surface area (Å²) < 4.78 is 4.88. The highest BCUT2D eigenvalue weighted by atomic mass is 28.3. The molecule has 0 aliphatic carbocycles. The number of aromatic nitrogens is 2. The maximum Gasteiger partial charge on any atom is 0.179 e. The monoisotopic (exact) mass is 590 g/mol. The third-order valence-corrected chi connectivity index (χ3v) is 14.2. The van der Waals surface area contributed by atoms with Gasteiger partial charge < -0.3 is 9.13 Å². The number of rotatable bonds is 6. The quantitative estimate of drug-likeness (QED) is 0.140. The molecule has 45 heavy (non-hydrogen) atoms. The molecule has 7 aromatic carbocycles. The number of hydrogen-bond donors (Lipinski definition) is 0. The third-order valence-electron chi connectivity index (χ3n) is 9.43. The summed E-state index contributed by atoms with van der Waals surface area (Å²) in [5, 5.41) is 8.14. The van der Waals surface area contributed by atoms with Crippen molar-refractivity contribution in [1.29, 1.82) is 0 Å². The van der Waals surface area contributed by atoms with E-state index in [2.05, 4.69) is 191 Å². The lowest BCUT2D eigenvalue weighted by molar-refractivity contribution is 1.16.